The lowest BCUT2D eigenvalue weighted by Crippen LogP contribution is -2.31. The molecule has 3 N–H and O–H groups in total. The van der Waals surface area contributed by atoms with Gasteiger partial charge in [0.1, 0.15) is 15.6 Å². The molecule has 154 valence electrons. The van der Waals surface area contributed by atoms with Crippen LogP contribution in [0.5, 0.6) is 5.75 Å². The molecule has 3 rings (SSSR count). The fourth-order valence-corrected chi connectivity index (χ4v) is 4.39. The first-order valence-electron chi connectivity index (χ1n) is 8.61. The summed E-state index contributed by atoms with van der Waals surface area (Å²) in [6.45, 7) is 0.103. The lowest BCUT2D eigenvalue weighted by atomic mass is 10.2. The molecule has 0 saturated carbocycles. The van der Waals surface area contributed by atoms with Crippen LogP contribution in [0.15, 0.2) is 51.8 Å². The lowest BCUT2D eigenvalue weighted by Gasteiger charge is -2.14. The summed E-state index contributed by atoms with van der Waals surface area (Å²) in [5.74, 6) is -2.38. The molecular formula is C20H15BrN2O5S2. The number of rotatable bonds is 6. The second-order valence-corrected chi connectivity index (χ2v) is 8.82. The Balaban J connectivity index is 1.61. The number of hydrogen-bond donors (Lipinski definition) is 3. The van der Waals surface area contributed by atoms with Gasteiger partial charge in [-0.3, -0.25) is 14.5 Å². The molecule has 2 amide bonds. The number of thioether (sulfide) groups is 1. The molecular weight excluding hydrogens is 492 g/mol. The second-order valence-electron chi connectivity index (χ2n) is 6.22. The number of anilines is 1. The SMILES string of the molecule is O=C(CCN1C(=O)C(=Cc2cccc(Br)c2)SC1=S)Nc1ccc(C(=O)O)c(O)c1. The van der Waals surface area contributed by atoms with Gasteiger partial charge in [-0.1, -0.05) is 52.0 Å². The Morgan fingerprint density at radius 1 is 1.23 bits per heavy atom. The van der Waals surface area contributed by atoms with Gasteiger partial charge in [-0.25, -0.2) is 4.79 Å². The second kappa shape index (κ2) is 9.41. The van der Waals surface area contributed by atoms with Gasteiger partial charge in [-0.15, -0.1) is 0 Å². The monoisotopic (exact) mass is 506 g/mol. The number of amides is 2. The van der Waals surface area contributed by atoms with Crippen LogP contribution in [0, 0.1) is 0 Å². The van der Waals surface area contributed by atoms with Crippen LogP contribution in [0.25, 0.3) is 6.08 Å². The van der Waals surface area contributed by atoms with Gasteiger partial charge >= 0.3 is 5.97 Å². The number of aromatic hydroxyl groups is 1. The number of nitrogens with zero attached hydrogens (tertiary/aromatic N) is 1. The summed E-state index contributed by atoms with van der Waals surface area (Å²) in [7, 11) is 0. The van der Waals surface area contributed by atoms with Crippen molar-refractivity contribution in [3.63, 3.8) is 0 Å². The summed E-state index contributed by atoms with van der Waals surface area (Å²) < 4.78 is 1.27. The van der Waals surface area contributed by atoms with Crippen molar-refractivity contribution >= 4 is 73.8 Å². The summed E-state index contributed by atoms with van der Waals surface area (Å²) in [5, 5.41) is 21.2. The van der Waals surface area contributed by atoms with Gasteiger partial charge in [-0.2, -0.15) is 0 Å². The number of carbonyl (C=O) groups excluding carboxylic acids is 2. The molecule has 1 heterocycles. The first kappa shape index (κ1) is 22.0. The molecule has 0 atom stereocenters. The Morgan fingerprint density at radius 2 is 2.00 bits per heavy atom. The van der Waals surface area contributed by atoms with Crippen molar-refractivity contribution < 1.29 is 24.6 Å². The number of halogens is 1. The highest BCUT2D eigenvalue weighted by molar-refractivity contribution is 9.10. The fraction of sp³-hybridized carbons (Fsp3) is 0.100. The molecule has 1 aliphatic heterocycles. The van der Waals surface area contributed by atoms with E-state index in [4.69, 9.17) is 17.3 Å². The van der Waals surface area contributed by atoms with Gasteiger partial charge < -0.3 is 15.5 Å². The lowest BCUT2D eigenvalue weighted by molar-refractivity contribution is -0.122. The van der Waals surface area contributed by atoms with Crippen LogP contribution in [0.3, 0.4) is 0 Å². The van der Waals surface area contributed by atoms with E-state index in [0.717, 1.165) is 16.1 Å². The van der Waals surface area contributed by atoms with E-state index in [2.05, 4.69) is 21.2 Å². The molecule has 1 fully saturated rings. The molecule has 0 aliphatic carbocycles. The number of hydrogen-bond acceptors (Lipinski definition) is 6. The van der Waals surface area contributed by atoms with Gasteiger partial charge in [0.05, 0.1) is 4.91 Å². The minimum atomic E-state index is -1.27. The van der Waals surface area contributed by atoms with Crippen molar-refractivity contribution in [1.82, 2.24) is 4.90 Å². The van der Waals surface area contributed by atoms with Crippen LogP contribution >= 0.6 is 39.9 Å². The number of carboxylic acid groups (broad SMARTS) is 1. The molecule has 1 saturated heterocycles. The number of thiocarbonyl (C=S) groups is 1. The molecule has 0 unspecified atom stereocenters. The van der Waals surface area contributed by atoms with Crippen molar-refractivity contribution in [2.24, 2.45) is 0 Å². The maximum Gasteiger partial charge on any atom is 0.339 e. The third kappa shape index (κ3) is 5.26. The molecule has 1 aliphatic rings. The van der Waals surface area contributed by atoms with Crippen LogP contribution in [0.1, 0.15) is 22.3 Å². The van der Waals surface area contributed by atoms with Crippen LogP contribution < -0.4 is 5.32 Å². The topological polar surface area (TPSA) is 107 Å². The van der Waals surface area contributed by atoms with Gasteiger partial charge in [0.15, 0.2) is 0 Å². The number of phenols is 1. The average Bonchev–Trinajstić information content (AvgIpc) is 2.93. The Morgan fingerprint density at radius 3 is 2.67 bits per heavy atom. The minimum Gasteiger partial charge on any atom is -0.507 e. The molecule has 0 radical (unpaired) electrons. The fourth-order valence-electron chi connectivity index (χ4n) is 2.67. The van der Waals surface area contributed by atoms with Crippen LogP contribution in [-0.2, 0) is 9.59 Å². The number of carboxylic acids is 1. The summed E-state index contributed by atoms with van der Waals surface area (Å²) in [6, 6.07) is 11.2. The number of benzene rings is 2. The van der Waals surface area contributed by atoms with E-state index in [0.29, 0.717) is 9.23 Å². The molecule has 10 heteroatoms. The Labute approximate surface area is 189 Å². The number of carbonyl (C=O) groups is 3. The van der Waals surface area contributed by atoms with E-state index >= 15 is 0 Å². The quantitative estimate of drug-likeness (QED) is 0.400. The maximum atomic E-state index is 12.6. The number of aromatic carboxylic acids is 1. The average molecular weight is 507 g/mol. The zero-order chi connectivity index (χ0) is 21.8. The summed E-state index contributed by atoms with van der Waals surface area (Å²) in [5.41, 5.74) is 0.845. The highest BCUT2D eigenvalue weighted by Crippen LogP contribution is 2.33. The minimum absolute atomic E-state index is 0.0158. The van der Waals surface area contributed by atoms with Crippen molar-refractivity contribution in [1.29, 1.82) is 0 Å². The van der Waals surface area contributed by atoms with Gasteiger partial charge in [0.25, 0.3) is 5.91 Å². The van der Waals surface area contributed by atoms with E-state index in [1.54, 1.807) is 6.08 Å². The summed E-state index contributed by atoms with van der Waals surface area (Å²) in [6.07, 6.45) is 1.73. The first-order valence-corrected chi connectivity index (χ1v) is 10.6. The van der Waals surface area contributed by atoms with Crippen LogP contribution in [0.2, 0.25) is 0 Å². The van der Waals surface area contributed by atoms with E-state index in [9.17, 15) is 19.5 Å². The van der Waals surface area contributed by atoms with Crippen LogP contribution in [-0.4, -0.2) is 43.8 Å². The maximum absolute atomic E-state index is 12.6. The standard InChI is InChI=1S/C20H15BrN2O5S2/c21-12-3-1-2-11(8-12)9-16-18(26)23(20(29)30-16)7-6-17(25)22-13-4-5-14(19(27)28)15(24)10-13/h1-5,8-10,24H,6-7H2,(H,22,25)(H,27,28). The van der Waals surface area contributed by atoms with Crippen molar-refractivity contribution in [3.05, 3.63) is 63.0 Å². The third-order valence-corrected chi connectivity index (χ3v) is 5.97. The highest BCUT2D eigenvalue weighted by atomic mass is 79.9. The third-order valence-electron chi connectivity index (χ3n) is 4.09. The van der Waals surface area contributed by atoms with Crippen molar-refractivity contribution in [3.8, 4) is 5.75 Å². The first-order chi connectivity index (χ1) is 14.2. The molecule has 0 spiro atoms. The van der Waals surface area contributed by atoms with Crippen molar-refractivity contribution in [2.75, 3.05) is 11.9 Å². The summed E-state index contributed by atoms with van der Waals surface area (Å²) >= 11 is 9.84. The molecule has 2 aromatic rings. The van der Waals surface area contributed by atoms with E-state index in [1.165, 1.54) is 28.8 Å². The van der Waals surface area contributed by atoms with E-state index < -0.39 is 17.6 Å². The van der Waals surface area contributed by atoms with Gasteiger partial charge in [-0.05, 0) is 35.9 Å². The molecule has 30 heavy (non-hydrogen) atoms. The normalized spacial score (nSPS) is 15.0. The molecule has 0 bridgehead atoms. The Bertz CT molecular complexity index is 1090. The number of nitrogens with one attached hydrogen (secondary N) is 1. The molecule has 7 nitrogen and oxygen atoms in total. The zero-order valence-corrected chi connectivity index (χ0v) is 18.5. The Kier molecular flexibility index (Phi) is 6.91. The summed E-state index contributed by atoms with van der Waals surface area (Å²) in [4.78, 5) is 37.6. The molecule has 2 aromatic carbocycles. The predicted octanol–water partition coefficient (Wildman–Crippen LogP) is 4.08. The smallest absolute Gasteiger partial charge is 0.339 e. The molecule has 0 aromatic heterocycles. The van der Waals surface area contributed by atoms with Gasteiger partial charge in [0.2, 0.25) is 5.91 Å². The van der Waals surface area contributed by atoms with E-state index in [-0.39, 0.29) is 30.1 Å². The van der Waals surface area contributed by atoms with Gasteiger partial charge in [0, 0.05) is 29.2 Å². The van der Waals surface area contributed by atoms with E-state index in [1.807, 2.05) is 24.3 Å². The Hall–Kier alpha value is -2.69. The predicted molar refractivity (Wildman–Crippen MR) is 122 cm³/mol. The highest BCUT2D eigenvalue weighted by Gasteiger charge is 2.32. The largest absolute Gasteiger partial charge is 0.507 e. The zero-order valence-electron chi connectivity index (χ0n) is 15.3. The van der Waals surface area contributed by atoms with Crippen LogP contribution in [0.4, 0.5) is 5.69 Å². The van der Waals surface area contributed by atoms with Crippen molar-refractivity contribution in [2.45, 2.75) is 6.42 Å².